The molecule has 0 saturated carbocycles. The summed E-state index contributed by atoms with van der Waals surface area (Å²) in [5, 5.41) is 3.55. The summed E-state index contributed by atoms with van der Waals surface area (Å²) in [4.78, 5) is 27.4. The zero-order chi connectivity index (χ0) is 15.5. The molecule has 0 aliphatic carbocycles. The van der Waals surface area contributed by atoms with Crippen molar-refractivity contribution in [3.05, 3.63) is 29.8 Å². The number of piperazine rings is 1. The van der Waals surface area contributed by atoms with Gasteiger partial charge in [0.25, 0.3) is 0 Å². The van der Waals surface area contributed by atoms with E-state index in [9.17, 15) is 9.59 Å². The fourth-order valence-electron chi connectivity index (χ4n) is 3.25. The summed E-state index contributed by atoms with van der Waals surface area (Å²) in [6.07, 6.45) is 4.57. The molecule has 1 unspecified atom stereocenters. The zero-order valence-corrected chi connectivity index (χ0v) is 13.0. The number of nitrogens with one attached hydrogen (secondary N) is 1. The number of rotatable bonds is 3. The Morgan fingerprint density at radius 3 is 2.73 bits per heavy atom. The van der Waals surface area contributed by atoms with Crippen LogP contribution in [-0.4, -0.2) is 49.4 Å². The molecular formula is C17H23N3O2. The third-order valence-electron chi connectivity index (χ3n) is 4.55. The minimum Gasteiger partial charge on any atom is -0.335 e. The largest absolute Gasteiger partial charge is 0.335 e. The van der Waals surface area contributed by atoms with Crippen LogP contribution in [0, 0.1) is 0 Å². The normalized spacial score (nSPS) is 23.0. The van der Waals surface area contributed by atoms with Crippen LogP contribution in [-0.2, 0) is 16.0 Å². The molecule has 2 aliphatic rings. The van der Waals surface area contributed by atoms with E-state index in [0.717, 1.165) is 24.2 Å². The van der Waals surface area contributed by atoms with Crippen molar-refractivity contribution in [1.29, 1.82) is 0 Å². The molecule has 2 heterocycles. The zero-order valence-electron chi connectivity index (χ0n) is 13.0. The molecule has 2 fully saturated rings. The Labute approximate surface area is 131 Å². The van der Waals surface area contributed by atoms with Crippen LogP contribution < -0.4 is 10.2 Å². The van der Waals surface area contributed by atoms with Gasteiger partial charge in [0.05, 0.1) is 6.54 Å². The average molecular weight is 301 g/mol. The Morgan fingerprint density at radius 1 is 1.14 bits per heavy atom. The summed E-state index contributed by atoms with van der Waals surface area (Å²) < 4.78 is 0. The molecule has 0 aromatic heterocycles. The van der Waals surface area contributed by atoms with E-state index >= 15 is 0 Å². The van der Waals surface area contributed by atoms with Gasteiger partial charge in [0.2, 0.25) is 11.8 Å². The molecule has 2 saturated heterocycles. The maximum atomic E-state index is 12.3. The Bertz CT molecular complexity index is 567. The summed E-state index contributed by atoms with van der Waals surface area (Å²) in [5.74, 6) is -0.0173. The maximum Gasteiger partial charge on any atom is 0.247 e. The molecule has 1 atom stereocenters. The quantitative estimate of drug-likeness (QED) is 0.912. The number of benzene rings is 1. The van der Waals surface area contributed by atoms with Crippen molar-refractivity contribution in [3.63, 3.8) is 0 Å². The van der Waals surface area contributed by atoms with Crippen LogP contribution in [0.25, 0.3) is 0 Å². The highest BCUT2D eigenvalue weighted by Crippen LogP contribution is 2.25. The second kappa shape index (κ2) is 6.48. The lowest BCUT2D eigenvalue weighted by molar-refractivity contribution is -0.136. The van der Waals surface area contributed by atoms with Gasteiger partial charge < -0.3 is 15.1 Å². The van der Waals surface area contributed by atoms with Gasteiger partial charge in [-0.05, 0) is 37.4 Å². The number of nitrogens with zero attached hydrogens (tertiary/aromatic N) is 2. The van der Waals surface area contributed by atoms with Crippen LogP contribution >= 0.6 is 0 Å². The van der Waals surface area contributed by atoms with Gasteiger partial charge in [0.15, 0.2) is 0 Å². The van der Waals surface area contributed by atoms with Gasteiger partial charge in [-0.15, -0.1) is 0 Å². The van der Waals surface area contributed by atoms with Crippen molar-refractivity contribution in [3.8, 4) is 0 Å². The van der Waals surface area contributed by atoms with Crippen LogP contribution in [0.4, 0.5) is 5.69 Å². The van der Waals surface area contributed by atoms with Crippen molar-refractivity contribution in [2.75, 3.05) is 31.6 Å². The van der Waals surface area contributed by atoms with Crippen LogP contribution in [0.15, 0.2) is 24.3 Å². The lowest BCUT2D eigenvalue weighted by Gasteiger charge is -2.33. The summed E-state index contributed by atoms with van der Waals surface area (Å²) in [5.41, 5.74) is 2.04. The predicted molar refractivity (Wildman–Crippen MR) is 85.8 cm³/mol. The monoisotopic (exact) mass is 301 g/mol. The lowest BCUT2D eigenvalue weighted by atomic mass is 9.96. The second-order valence-electron chi connectivity index (χ2n) is 6.21. The van der Waals surface area contributed by atoms with Gasteiger partial charge in [-0.25, -0.2) is 0 Å². The summed E-state index contributed by atoms with van der Waals surface area (Å²) in [6, 6.07) is 8.43. The summed E-state index contributed by atoms with van der Waals surface area (Å²) in [7, 11) is 1.68. The van der Waals surface area contributed by atoms with E-state index < -0.39 is 0 Å². The SMILES string of the molecule is CN1CC(=O)N(c2ccccc2CC2CCCCN2)CC1=O. The summed E-state index contributed by atoms with van der Waals surface area (Å²) in [6.45, 7) is 1.37. The molecule has 5 nitrogen and oxygen atoms in total. The van der Waals surface area contributed by atoms with Crippen molar-refractivity contribution < 1.29 is 9.59 Å². The molecule has 118 valence electrons. The predicted octanol–water partition coefficient (Wildman–Crippen LogP) is 1.18. The third-order valence-corrected chi connectivity index (χ3v) is 4.55. The van der Waals surface area contributed by atoms with E-state index in [4.69, 9.17) is 0 Å². The van der Waals surface area contributed by atoms with Gasteiger partial charge in [0.1, 0.15) is 6.54 Å². The first kappa shape index (κ1) is 15.0. The van der Waals surface area contributed by atoms with E-state index in [1.807, 2.05) is 18.2 Å². The molecule has 2 amide bonds. The van der Waals surface area contributed by atoms with Gasteiger partial charge in [-0.2, -0.15) is 0 Å². The number of amides is 2. The fourth-order valence-corrected chi connectivity index (χ4v) is 3.25. The highest BCUT2D eigenvalue weighted by Gasteiger charge is 2.30. The van der Waals surface area contributed by atoms with Crippen LogP contribution in [0.2, 0.25) is 0 Å². The topological polar surface area (TPSA) is 52.7 Å². The number of carbonyl (C=O) groups excluding carboxylic acids is 2. The van der Waals surface area contributed by atoms with Crippen molar-refractivity contribution >= 4 is 17.5 Å². The van der Waals surface area contributed by atoms with E-state index in [-0.39, 0.29) is 24.9 Å². The molecule has 5 heteroatoms. The van der Waals surface area contributed by atoms with Crippen molar-refractivity contribution in [2.24, 2.45) is 0 Å². The highest BCUT2D eigenvalue weighted by molar-refractivity contribution is 6.04. The van der Waals surface area contributed by atoms with E-state index in [2.05, 4.69) is 11.4 Å². The Kier molecular flexibility index (Phi) is 4.43. The van der Waals surface area contributed by atoms with Crippen LogP contribution in [0.3, 0.4) is 0 Å². The van der Waals surface area contributed by atoms with Gasteiger partial charge >= 0.3 is 0 Å². The van der Waals surface area contributed by atoms with Gasteiger partial charge in [-0.3, -0.25) is 9.59 Å². The highest BCUT2D eigenvalue weighted by atomic mass is 16.2. The minimum atomic E-state index is -0.00908. The minimum absolute atomic E-state index is 0.00819. The lowest BCUT2D eigenvalue weighted by Crippen LogP contribution is -2.52. The number of piperidine rings is 1. The number of para-hydroxylation sites is 1. The van der Waals surface area contributed by atoms with E-state index in [1.54, 1.807) is 11.9 Å². The number of hydrogen-bond donors (Lipinski definition) is 1. The first-order valence-corrected chi connectivity index (χ1v) is 8.01. The number of anilines is 1. The smallest absolute Gasteiger partial charge is 0.247 e. The molecule has 2 aliphatic heterocycles. The molecule has 0 bridgehead atoms. The first-order valence-electron chi connectivity index (χ1n) is 8.01. The molecular weight excluding hydrogens is 278 g/mol. The average Bonchev–Trinajstić information content (AvgIpc) is 2.53. The number of hydrogen-bond acceptors (Lipinski definition) is 3. The molecule has 1 aromatic rings. The number of carbonyl (C=O) groups is 2. The number of likely N-dealkylation sites (N-methyl/N-ethyl adjacent to an activating group) is 1. The van der Waals surface area contributed by atoms with Crippen molar-refractivity contribution in [1.82, 2.24) is 10.2 Å². The Hall–Kier alpha value is -1.88. The van der Waals surface area contributed by atoms with Crippen LogP contribution in [0.1, 0.15) is 24.8 Å². The molecule has 3 rings (SSSR count). The van der Waals surface area contributed by atoms with Gasteiger partial charge in [0, 0.05) is 18.8 Å². The first-order chi connectivity index (χ1) is 10.6. The third kappa shape index (κ3) is 3.14. The fraction of sp³-hybridized carbons (Fsp3) is 0.529. The summed E-state index contributed by atoms with van der Waals surface area (Å²) >= 11 is 0. The van der Waals surface area contributed by atoms with Crippen LogP contribution in [0.5, 0.6) is 0 Å². The Balaban J connectivity index is 1.81. The van der Waals surface area contributed by atoms with Gasteiger partial charge in [-0.1, -0.05) is 24.6 Å². The molecule has 1 N–H and O–H groups in total. The van der Waals surface area contributed by atoms with E-state index in [1.165, 1.54) is 24.2 Å². The molecule has 0 radical (unpaired) electrons. The molecule has 1 aromatic carbocycles. The van der Waals surface area contributed by atoms with Crippen molar-refractivity contribution in [2.45, 2.75) is 31.7 Å². The standard InChI is InChI=1S/C17H23N3O2/c1-19-11-17(22)20(12-16(19)21)15-8-3-2-6-13(15)10-14-7-4-5-9-18-14/h2-3,6,8,14,18H,4-5,7,9-12H2,1H3. The second-order valence-corrected chi connectivity index (χ2v) is 6.21. The maximum absolute atomic E-state index is 12.3. The van der Waals surface area contributed by atoms with E-state index in [0.29, 0.717) is 6.04 Å². The molecule has 0 spiro atoms. The molecule has 22 heavy (non-hydrogen) atoms. The Morgan fingerprint density at radius 2 is 1.95 bits per heavy atom.